The van der Waals surface area contributed by atoms with E-state index >= 15 is 0 Å². The van der Waals surface area contributed by atoms with E-state index in [1.165, 1.54) is 34.5 Å². The van der Waals surface area contributed by atoms with Gasteiger partial charge in [0.25, 0.3) is 5.91 Å². The molecular weight excluding hydrogens is 466 g/mol. The molecule has 1 saturated heterocycles. The van der Waals surface area contributed by atoms with E-state index in [1.54, 1.807) is 23.1 Å². The first-order chi connectivity index (χ1) is 17.2. The molecule has 2 atom stereocenters. The van der Waals surface area contributed by atoms with Gasteiger partial charge in [-0.05, 0) is 36.6 Å². The summed E-state index contributed by atoms with van der Waals surface area (Å²) in [6, 6.07) is 5.15. The van der Waals surface area contributed by atoms with Crippen molar-refractivity contribution in [2.45, 2.75) is 19.3 Å². The zero-order valence-corrected chi connectivity index (χ0v) is 20.9. The summed E-state index contributed by atoms with van der Waals surface area (Å²) in [6.45, 7) is 4.40. The molecule has 3 heterocycles. The van der Waals surface area contributed by atoms with Crippen LogP contribution < -0.4 is 14.2 Å². The van der Waals surface area contributed by atoms with Crippen molar-refractivity contribution in [2.75, 3.05) is 35.0 Å². The molecule has 2 N–H and O–H groups in total. The maximum atomic E-state index is 13.8. The Balaban J connectivity index is 1.58. The highest BCUT2D eigenvalue weighted by molar-refractivity contribution is 6.09. The maximum absolute atomic E-state index is 13.8. The molecule has 5 rings (SSSR count). The van der Waals surface area contributed by atoms with E-state index in [0.717, 1.165) is 0 Å². The first-order valence-corrected chi connectivity index (χ1v) is 11.4. The number of benzene rings is 1. The number of hydrogen-bond acceptors (Lipinski definition) is 7. The number of likely N-dealkylation sites (tertiary alicyclic amines) is 1. The molecule has 1 amide bonds. The van der Waals surface area contributed by atoms with Crippen molar-refractivity contribution in [1.29, 1.82) is 0 Å². The number of ether oxygens (including phenoxy) is 4. The van der Waals surface area contributed by atoms with Gasteiger partial charge in [0.2, 0.25) is 11.5 Å². The van der Waals surface area contributed by atoms with Crippen LogP contribution in [-0.2, 0) is 10.2 Å². The van der Waals surface area contributed by atoms with Gasteiger partial charge in [0.1, 0.15) is 11.4 Å². The molecule has 2 aliphatic rings. The predicted octanol–water partition coefficient (Wildman–Crippen LogP) is 3.44. The van der Waals surface area contributed by atoms with Crippen molar-refractivity contribution >= 4 is 28.6 Å². The SMILES string of the molecule is COC(=O)c1cc2c([nH]1)C(=O)C=C1N(C(=O)c3cc4cc(OC)c(OC)c(OC)c4[nH]3)C[C@@H](C)[C@@]12C. The number of allylic oxidation sites excluding steroid dienone is 2. The van der Waals surface area contributed by atoms with Crippen LogP contribution in [0.3, 0.4) is 0 Å². The minimum atomic E-state index is -0.655. The molecule has 3 aromatic rings. The largest absolute Gasteiger partial charge is 0.493 e. The Bertz CT molecular complexity index is 1460. The standard InChI is InChI=1S/C26H27N3O7/c1-12-11-29(19-10-17(30)21-14(26(12,19)2)9-16(28-21)25(32)36-6)24(31)15-7-13-8-18(33-3)22(34-4)23(35-5)20(13)27-15/h7-10,12,27-28H,11H2,1-6H3/t12-,26-/m1/s1. The molecule has 188 valence electrons. The lowest BCUT2D eigenvalue weighted by Gasteiger charge is -2.33. The Morgan fingerprint density at radius 1 is 1.00 bits per heavy atom. The Hall–Kier alpha value is -4.21. The number of fused-ring (bicyclic) bond motifs is 4. The Labute approximate surface area is 207 Å². The van der Waals surface area contributed by atoms with Crippen LogP contribution in [-0.4, -0.2) is 67.5 Å². The minimum absolute atomic E-state index is 0.0278. The molecule has 0 unspecified atom stereocenters. The highest BCUT2D eigenvalue weighted by atomic mass is 16.5. The number of H-pyrrole nitrogens is 2. The second-order valence-corrected chi connectivity index (χ2v) is 9.17. The average molecular weight is 494 g/mol. The van der Waals surface area contributed by atoms with Gasteiger partial charge in [0.15, 0.2) is 11.5 Å². The summed E-state index contributed by atoms with van der Waals surface area (Å²) in [6.07, 6.45) is 1.48. The van der Waals surface area contributed by atoms with Gasteiger partial charge in [-0.3, -0.25) is 9.59 Å². The molecule has 1 aromatic carbocycles. The van der Waals surface area contributed by atoms with Gasteiger partial charge in [0.05, 0.1) is 39.6 Å². The van der Waals surface area contributed by atoms with Crippen molar-refractivity contribution in [3.8, 4) is 17.2 Å². The molecule has 0 spiro atoms. The lowest BCUT2D eigenvalue weighted by Crippen LogP contribution is -2.35. The molecule has 2 aromatic heterocycles. The Kier molecular flexibility index (Phi) is 5.35. The molecule has 36 heavy (non-hydrogen) atoms. The molecule has 0 bridgehead atoms. The molecule has 0 radical (unpaired) electrons. The van der Waals surface area contributed by atoms with Crippen LogP contribution in [0.2, 0.25) is 0 Å². The Morgan fingerprint density at radius 3 is 2.36 bits per heavy atom. The van der Waals surface area contributed by atoms with E-state index in [1.807, 2.05) is 13.8 Å². The Morgan fingerprint density at radius 2 is 1.72 bits per heavy atom. The van der Waals surface area contributed by atoms with Crippen LogP contribution in [0.4, 0.5) is 0 Å². The van der Waals surface area contributed by atoms with Gasteiger partial charge in [-0.1, -0.05) is 6.92 Å². The number of hydrogen-bond donors (Lipinski definition) is 2. The third-order valence-electron chi connectivity index (χ3n) is 7.46. The molecule has 10 heteroatoms. The highest BCUT2D eigenvalue weighted by Gasteiger charge is 2.52. The first-order valence-electron chi connectivity index (χ1n) is 11.4. The second-order valence-electron chi connectivity index (χ2n) is 9.17. The number of ketones is 1. The molecule has 1 fully saturated rings. The van der Waals surface area contributed by atoms with Crippen LogP contribution in [0.15, 0.2) is 30.0 Å². The summed E-state index contributed by atoms with van der Waals surface area (Å²) in [4.78, 5) is 46.6. The summed E-state index contributed by atoms with van der Waals surface area (Å²) in [5.74, 6) is 0.144. The fraction of sp³-hybridized carbons (Fsp3) is 0.346. The number of nitrogens with zero attached hydrogens (tertiary/aromatic N) is 1. The normalized spacial score (nSPS) is 20.6. The smallest absolute Gasteiger partial charge is 0.354 e. The van der Waals surface area contributed by atoms with E-state index in [4.69, 9.17) is 18.9 Å². The fourth-order valence-electron chi connectivity index (χ4n) is 5.39. The van der Waals surface area contributed by atoms with Gasteiger partial charge >= 0.3 is 5.97 Å². The fourth-order valence-corrected chi connectivity index (χ4v) is 5.39. The number of carbonyl (C=O) groups is 3. The van der Waals surface area contributed by atoms with Gasteiger partial charge < -0.3 is 33.8 Å². The monoisotopic (exact) mass is 493 g/mol. The van der Waals surface area contributed by atoms with Crippen molar-refractivity contribution in [3.05, 3.63) is 52.6 Å². The minimum Gasteiger partial charge on any atom is -0.493 e. The lowest BCUT2D eigenvalue weighted by atomic mass is 9.70. The number of aromatic amines is 2. The van der Waals surface area contributed by atoms with Crippen LogP contribution >= 0.6 is 0 Å². The maximum Gasteiger partial charge on any atom is 0.354 e. The summed E-state index contributed by atoms with van der Waals surface area (Å²) < 4.78 is 21.3. The van der Waals surface area contributed by atoms with E-state index in [-0.39, 0.29) is 23.3 Å². The van der Waals surface area contributed by atoms with Crippen molar-refractivity contribution < 1.29 is 33.3 Å². The number of aromatic nitrogens is 2. The topological polar surface area (TPSA) is 123 Å². The average Bonchev–Trinajstić information content (AvgIpc) is 3.58. The van der Waals surface area contributed by atoms with Gasteiger partial charge in [-0.15, -0.1) is 0 Å². The van der Waals surface area contributed by atoms with Crippen LogP contribution in [0.1, 0.15) is 50.9 Å². The third kappa shape index (κ3) is 3.06. The van der Waals surface area contributed by atoms with Crippen molar-refractivity contribution in [3.63, 3.8) is 0 Å². The summed E-state index contributed by atoms with van der Waals surface area (Å²) in [5.41, 5.74) is 2.09. The molecule has 10 nitrogen and oxygen atoms in total. The van der Waals surface area contributed by atoms with Gasteiger partial charge in [-0.25, -0.2) is 4.79 Å². The van der Waals surface area contributed by atoms with E-state index in [2.05, 4.69) is 9.97 Å². The van der Waals surface area contributed by atoms with Crippen LogP contribution in [0.25, 0.3) is 10.9 Å². The quantitative estimate of drug-likeness (QED) is 0.522. The summed E-state index contributed by atoms with van der Waals surface area (Å²) in [7, 11) is 5.85. The van der Waals surface area contributed by atoms with E-state index in [0.29, 0.717) is 57.3 Å². The molecule has 0 saturated carbocycles. The summed E-state index contributed by atoms with van der Waals surface area (Å²) >= 11 is 0. The van der Waals surface area contributed by atoms with Crippen LogP contribution in [0.5, 0.6) is 17.2 Å². The van der Waals surface area contributed by atoms with E-state index in [9.17, 15) is 14.4 Å². The number of amides is 1. The summed E-state index contributed by atoms with van der Waals surface area (Å²) in [5, 5.41) is 0.715. The lowest BCUT2D eigenvalue weighted by molar-refractivity contribution is 0.0594. The molecule has 1 aliphatic heterocycles. The number of carbonyl (C=O) groups excluding carboxylic acids is 3. The van der Waals surface area contributed by atoms with Gasteiger partial charge in [0, 0.05) is 29.1 Å². The van der Waals surface area contributed by atoms with Crippen LogP contribution in [0, 0.1) is 5.92 Å². The molecule has 1 aliphatic carbocycles. The predicted molar refractivity (Wildman–Crippen MR) is 130 cm³/mol. The van der Waals surface area contributed by atoms with Gasteiger partial charge in [-0.2, -0.15) is 0 Å². The highest BCUT2D eigenvalue weighted by Crippen LogP contribution is 2.51. The van der Waals surface area contributed by atoms with E-state index < -0.39 is 11.4 Å². The third-order valence-corrected chi connectivity index (χ3v) is 7.46. The zero-order valence-electron chi connectivity index (χ0n) is 20.9. The second kappa shape index (κ2) is 8.18. The van der Waals surface area contributed by atoms with Crippen molar-refractivity contribution in [2.24, 2.45) is 5.92 Å². The van der Waals surface area contributed by atoms with Crippen molar-refractivity contribution in [1.82, 2.24) is 14.9 Å². The first kappa shape index (κ1) is 23.5. The number of methoxy groups -OCH3 is 4. The zero-order chi connectivity index (χ0) is 25.9. The number of esters is 1. The number of rotatable bonds is 5. The molecular formula is C26H27N3O7. The number of nitrogens with one attached hydrogen (secondary N) is 2.